The van der Waals surface area contributed by atoms with Crippen LogP contribution in [-0.2, 0) is 9.53 Å². The van der Waals surface area contributed by atoms with Gasteiger partial charge in [0.15, 0.2) is 11.5 Å². The van der Waals surface area contributed by atoms with Gasteiger partial charge in [0.2, 0.25) is 11.9 Å². The van der Waals surface area contributed by atoms with E-state index in [1.54, 1.807) is 28.9 Å². The largest absolute Gasteiger partial charge is 0.464 e. The maximum atomic E-state index is 12.9. The molecule has 0 aromatic carbocycles. The molecule has 0 saturated heterocycles. The van der Waals surface area contributed by atoms with Crippen LogP contribution in [0.1, 0.15) is 49.5 Å². The van der Waals surface area contributed by atoms with Crippen molar-refractivity contribution < 1.29 is 14.3 Å². The summed E-state index contributed by atoms with van der Waals surface area (Å²) in [5.41, 5.74) is 0.897. The quantitative estimate of drug-likeness (QED) is 0.744. The van der Waals surface area contributed by atoms with Gasteiger partial charge in [-0.15, -0.1) is 0 Å². The number of amides is 1. The van der Waals surface area contributed by atoms with Crippen molar-refractivity contribution in [1.29, 1.82) is 0 Å². The number of methoxy groups -OCH3 is 1. The molecule has 3 heterocycles. The molecule has 9 nitrogen and oxygen atoms in total. The number of nitrogens with zero attached hydrogens (tertiary/aromatic N) is 6. The Morgan fingerprint density at radius 1 is 1.29 bits per heavy atom. The maximum Gasteiger partial charge on any atom is 0.358 e. The molecule has 0 bridgehead atoms. The van der Waals surface area contributed by atoms with E-state index in [0.717, 1.165) is 25.1 Å². The van der Waals surface area contributed by atoms with Gasteiger partial charge >= 0.3 is 5.97 Å². The van der Waals surface area contributed by atoms with Crippen molar-refractivity contribution in [3.05, 3.63) is 24.4 Å². The second-order valence-corrected chi connectivity index (χ2v) is 7.20. The van der Waals surface area contributed by atoms with Crippen molar-refractivity contribution in [2.24, 2.45) is 0 Å². The molecule has 1 saturated carbocycles. The Hall–Kier alpha value is -2.97. The molecule has 9 heteroatoms. The van der Waals surface area contributed by atoms with Crippen molar-refractivity contribution in [2.45, 2.75) is 51.1 Å². The first kappa shape index (κ1) is 18.4. The Morgan fingerprint density at radius 3 is 2.71 bits per heavy atom. The minimum atomic E-state index is -0.513. The summed E-state index contributed by atoms with van der Waals surface area (Å²) in [6.45, 7) is 2.03. The van der Waals surface area contributed by atoms with E-state index in [2.05, 4.69) is 14.9 Å². The average Bonchev–Trinajstić information content (AvgIpc) is 3.41. The maximum absolute atomic E-state index is 12.9. The molecule has 2 aliphatic rings. The zero-order chi connectivity index (χ0) is 19.8. The number of hydrogen-bond acceptors (Lipinski definition) is 7. The van der Waals surface area contributed by atoms with E-state index < -0.39 is 5.97 Å². The van der Waals surface area contributed by atoms with Crippen LogP contribution >= 0.6 is 0 Å². The summed E-state index contributed by atoms with van der Waals surface area (Å²) in [6.07, 6.45) is 9.87. The molecule has 0 radical (unpaired) electrons. The monoisotopic (exact) mass is 384 g/mol. The third kappa shape index (κ3) is 2.90. The van der Waals surface area contributed by atoms with Crippen molar-refractivity contribution >= 4 is 23.4 Å². The Kier molecular flexibility index (Phi) is 4.74. The summed E-state index contributed by atoms with van der Waals surface area (Å²) in [6, 6.07) is 0.0780. The Bertz CT molecular complexity index is 905. The van der Waals surface area contributed by atoms with Gasteiger partial charge in [0, 0.05) is 19.3 Å². The van der Waals surface area contributed by atoms with Crippen molar-refractivity contribution in [3.8, 4) is 5.95 Å². The normalized spacial score (nSPS) is 19.8. The van der Waals surface area contributed by atoms with Gasteiger partial charge < -0.3 is 14.5 Å². The van der Waals surface area contributed by atoms with Crippen LogP contribution in [0.5, 0.6) is 0 Å². The number of carbonyl (C=O) groups is 2. The summed E-state index contributed by atoms with van der Waals surface area (Å²) in [5.74, 6) is 0.732. The van der Waals surface area contributed by atoms with Crippen molar-refractivity contribution in [3.63, 3.8) is 0 Å². The molecule has 148 valence electrons. The van der Waals surface area contributed by atoms with Gasteiger partial charge in [-0.25, -0.2) is 14.8 Å². The molecule has 1 aliphatic heterocycles. The predicted molar refractivity (Wildman–Crippen MR) is 103 cm³/mol. The number of likely N-dealkylation sites (N-methyl/N-ethyl adjacent to an activating group) is 1. The number of fused-ring (bicyclic) bond motifs is 1. The molecular weight excluding hydrogens is 360 g/mol. The summed E-state index contributed by atoms with van der Waals surface area (Å²) in [4.78, 5) is 41.7. The van der Waals surface area contributed by atoms with E-state index in [9.17, 15) is 9.59 Å². The Morgan fingerprint density at radius 2 is 2.04 bits per heavy atom. The van der Waals surface area contributed by atoms with E-state index in [1.807, 2.05) is 6.92 Å². The molecule has 0 spiro atoms. The number of anilines is 2. The number of esters is 1. The highest BCUT2D eigenvalue weighted by Crippen LogP contribution is 2.39. The first-order valence-corrected chi connectivity index (χ1v) is 9.60. The molecule has 4 rings (SSSR count). The van der Waals surface area contributed by atoms with Gasteiger partial charge in [-0.2, -0.15) is 4.98 Å². The summed E-state index contributed by atoms with van der Waals surface area (Å²) >= 11 is 0. The van der Waals surface area contributed by atoms with Crippen molar-refractivity contribution in [2.75, 3.05) is 24.0 Å². The summed E-state index contributed by atoms with van der Waals surface area (Å²) in [5, 5.41) is 0. The molecule has 28 heavy (non-hydrogen) atoms. The van der Waals surface area contributed by atoms with Crippen LogP contribution in [0.25, 0.3) is 5.95 Å². The second kappa shape index (κ2) is 7.21. The Balaban J connectivity index is 1.78. The molecule has 1 amide bonds. The zero-order valence-corrected chi connectivity index (χ0v) is 16.3. The van der Waals surface area contributed by atoms with Crippen LogP contribution in [-0.4, -0.2) is 57.6 Å². The lowest BCUT2D eigenvalue weighted by Gasteiger charge is -2.43. The van der Waals surface area contributed by atoms with Gasteiger partial charge in [-0.3, -0.25) is 9.36 Å². The molecule has 1 atom stereocenters. The first-order chi connectivity index (χ1) is 13.5. The fraction of sp³-hybridized carbons (Fsp3) is 0.526. The van der Waals surface area contributed by atoms with Crippen LogP contribution in [0, 0.1) is 0 Å². The average molecular weight is 384 g/mol. The van der Waals surface area contributed by atoms with E-state index >= 15 is 0 Å². The lowest BCUT2D eigenvalue weighted by atomic mass is 10.0. The highest BCUT2D eigenvalue weighted by Gasteiger charge is 2.41. The third-order valence-corrected chi connectivity index (χ3v) is 5.61. The zero-order valence-electron chi connectivity index (χ0n) is 16.3. The molecule has 2 aromatic rings. The minimum Gasteiger partial charge on any atom is -0.464 e. The SMILES string of the molecule is CCC1C(=O)N(C)c2cnc(-n3cnc(C(=O)OC)c3)nc2N1C1CCCC1. The van der Waals surface area contributed by atoms with Gasteiger partial charge in [0.1, 0.15) is 18.1 Å². The summed E-state index contributed by atoms with van der Waals surface area (Å²) < 4.78 is 6.30. The lowest BCUT2D eigenvalue weighted by Crippen LogP contribution is -2.55. The fourth-order valence-electron chi connectivity index (χ4n) is 4.14. The van der Waals surface area contributed by atoms with Gasteiger partial charge in [0.05, 0.1) is 13.3 Å². The van der Waals surface area contributed by atoms with Crippen LogP contribution in [0.4, 0.5) is 11.5 Å². The smallest absolute Gasteiger partial charge is 0.358 e. The number of ether oxygens (including phenoxy) is 1. The number of imidazole rings is 1. The van der Waals surface area contributed by atoms with Crippen LogP contribution in [0.15, 0.2) is 18.7 Å². The molecule has 1 unspecified atom stereocenters. The van der Waals surface area contributed by atoms with Crippen molar-refractivity contribution in [1.82, 2.24) is 19.5 Å². The highest BCUT2D eigenvalue weighted by molar-refractivity contribution is 6.04. The number of carbonyl (C=O) groups excluding carboxylic acids is 2. The molecule has 1 fully saturated rings. The van der Waals surface area contributed by atoms with Crippen LogP contribution in [0.3, 0.4) is 0 Å². The van der Waals surface area contributed by atoms with E-state index in [1.165, 1.54) is 26.3 Å². The minimum absolute atomic E-state index is 0.0776. The topological polar surface area (TPSA) is 93.5 Å². The molecule has 1 aliphatic carbocycles. The lowest BCUT2D eigenvalue weighted by molar-refractivity contribution is -0.120. The van der Waals surface area contributed by atoms with Gasteiger partial charge in [-0.05, 0) is 19.3 Å². The van der Waals surface area contributed by atoms with E-state index in [0.29, 0.717) is 17.7 Å². The summed E-state index contributed by atoms with van der Waals surface area (Å²) in [7, 11) is 3.08. The van der Waals surface area contributed by atoms with Crippen LogP contribution in [0.2, 0.25) is 0 Å². The van der Waals surface area contributed by atoms with E-state index in [-0.39, 0.29) is 17.6 Å². The standard InChI is InChI=1S/C19H24N6O3/c1-4-14-17(26)23(2)15-9-20-19(24-10-13(21-11-24)18(27)28-3)22-16(15)25(14)12-7-5-6-8-12/h9-12,14H,4-8H2,1-3H3. The number of hydrogen-bond donors (Lipinski definition) is 0. The predicted octanol–water partition coefficient (Wildman–Crippen LogP) is 1.95. The van der Waals surface area contributed by atoms with E-state index in [4.69, 9.17) is 9.72 Å². The van der Waals surface area contributed by atoms with Crippen LogP contribution < -0.4 is 9.80 Å². The highest BCUT2D eigenvalue weighted by atomic mass is 16.5. The fourth-order valence-corrected chi connectivity index (χ4v) is 4.14. The molecular formula is C19H24N6O3. The number of rotatable bonds is 4. The molecule has 2 aromatic heterocycles. The Labute approximate surface area is 163 Å². The van der Waals surface area contributed by atoms with Gasteiger partial charge in [-0.1, -0.05) is 19.8 Å². The first-order valence-electron chi connectivity index (χ1n) is 9.60. The molecule has 0 N–H and O–H groups in total. The van der Waals surface area contributed by atoms with Gasteiger partial charge in [0.25, 0.3) is 0 Å². The third-order valence-electron chi connectivity index (χ3n) is 5.61. The second-order valence-electron chi connectivity index (χ2n) is 7.20. The number of aromatic nitrogens is 4.